The first kappa shape index (κ1) is 18.7. The van der Waals surface area contributed by atoms with Crippen LogP contribution in [0, 0.1) is 16.0 Å². The topological polar surface area (TPSA) is 75.5 Å². The van der Waals surface area contributed by atoms with Crippen LogP contribution in [0.4, 0.5) is 5.69 Å². The molecule has 1 amide bonds. The Morgan fingerprint density at radius 2 is 2.25 bits per heavy atom. The number of nitrogens with zero attached hydrogens (tertiary/aromatic N) is 2. The minimum absolute atomic E-state index is 0.0257. The zero-order valence-electron chi connectivity index (χ0n) is 14.4. The van der Waals surface area contributed by atoms with Crippen LogP contribution in [0.15, 0.2) is 23.1 Å². The van der Waals surface area contributed by atoms with E-state index >= 15 is 0 Å². The van der Waals surface area contributed by atoms with E-state index in [9.17, 15) is 14.9 Å². The Morgan fingerprint density at radius 1 is 1.50 bits per heavy atom. The molecule has 1 aromatic rings. The van der Waals surface area contributed by atoms with Gasteiger partial charge in [-0.1, -0.05) is 13.8 Å². The second-order valence-electron chi connectivity index (χ2n) is 6.58. The normalized spacial score (nSPS) is 18.0. The van der Waals surface area contributed by atoms with Crippen molar-refractivity contribution in [2.45, 2.75) is 38.1 Å². The van der Waals surface area contributed by atoms with E-state index in [4.69, 9.17) is 0 Å². The van der Waals surface area contributed by atoms with Crippen LogP contribution in [0.25, 0.3) is 0 Å². The summed E-state index contributed by atoms with van der Waals surface area (Å²) in [5.74, 6) is 1.26. The van der Waals surface area contributed by atoms with Gasteiger partial charge in [0.05, 0.1) is 9.82 Å². The molecule has 0 saturated carbocycles. The molecule has 1 unspecified atom stereocenters. The molecule has 0 aliphatic carbocycles. The van der Waals surface area contributed by atoms with Crippen molar-refractivity contribution in [1.29, 1.82) is 0 Å². The number of hydrogen-bond acceptors (Lipinski definition) is 5. The monoisotopic (exact) mass is 351 g/mol. The molecule has 1 aromatic carbocycles. The van der Waals surface area contributed by atoms with Gasteiger partial charge in [0.25, 0.3) is 11.6 Å². The van der Waals surface area contributed by atoms with Gasteiger partial charge in [-0.05, 0) is 37.1 Å². The molecule has 1 N–H and O–H groups in total. The van der Waals surface area contributed by atoms with E-state index in [2.05, 4.69) is 19.2 Å². The predicted octanol–water partition coefficient (Wildman–Crippen LogP) is 3.17. The molecule has 7 heteroatoms. The first-order chi connectivity index (χ1) is 11.4. The van der Waals surface area contributed by atoms with Crippen molar-refractivity contribution >= 4 is 23.4 Å². The third kappa shape index (κ3) is 4.95. The number of rotatable bonds is 6. The predicted molar refractivity (Wildman–Crippen MR) is 96.6 cm³/mol. The lowest BCUT2D eigenvalue weighted by Crippen LogP contribution is -2.51. The molecule has 1 aliphatic heterocycles. The molecule has 132 valence electrons. The molecule has 1 fully saturated rings. The quantitative estimate of drug-likeness (QED) is 0.484. The van der Waals surface area contributed by atoms with E-state index in [1.807, 2.05) is 6.92 Å². The average molecular weight is 351 g/mol. The van der Waals surface area contributed by atoms with Gasteiger partial charge in [0, 0.05) is 37.3 Å². The fourth-order valence-corrected chi connectivity index (χ4v) is 3.87. The van der Waals surface area contributed by atoms with Gasteiger partial charge >= 0.3 is 0 Å². The number of nitro benzene ring substituents is 1. The highest BCUT2D eigenvalue weighted by molar-refractivity contribution is 7.99. The molecule has 0 radical (unpaired) electrons. The smallest absolute Gasteiger partial charge is 0.283 e. The van der Waals surface area contributed by atoms with Crippen LogP contribution >= 0.6 is 11.8 Å². The summed E-state index contributed by atoms with van der Waals surface area (Å²) >= 11 is 1.48. The van der Waals surface area contributed by atoms with Crippen molar-refractivity contribution in [2.24, 2.45) is 5.92 Å². The zero-order chi connectivity index (χ0) is 17.7. The molecule has 0 bridgehead atoms. The fraction of sp³-hybridized carbons (Fsp3) is 0.588. The molecule has 1 saturated heterocycles. The Balaban J connectivity index is 2.15. The maximum Gasteiger partial charge on any atom is 0.283 e. The van der Waals surface area contributed by atoms with Gasteiger partial charge in [-0.2, -0.15) is 0 Å². The Morgan fingerprint density at radius 3 is 2.88 bits per heavy atom. The third-order valence-electron chi connectivity index (χ3n) is 4.01. The molecule has 1 heterocycles. The van der Waals surface area contributed by atoms with Crippen LogP contribution in [0.1, 0.15) is 37.6 Å². The van der Waals surface area contributed by atoms with Gasteiger partial charge in [-0.15, -0.1) is 11.8 Å². The summed E-state index contributed by atoms with van der Waals surface area (Å²) < 4.78 is 0. The standard InChI is InChI=1S/C17H25N3O3S/c1-12(2)6-9-24-16-5-4-14(10-15(16)20(22)23)17(21)19-8-7-18-13(3)11-19/h4-5,10,12-13,18H,6-9,11H2,1-3H3. The highest BCUT2D eigenvalue weighted by Gasteiger charge is 2.24. The van der Waals surface area contributed by atoms with Crippen LogP contribution in [0.5, 0.6) is 0 Å². The van der Waals surface area contributed by atoms with Crippen molar-refractivity contribution in [3.8, 4) is 0 Å². The van der Waals surface area contributed by atoms with Crippen LogP contribution in [0.2, 0.25) is 0 Å². The molecule has 1 aliphatic rings. The number of carbonyl (C=O) groups excluding carboxylic acids is 1. The van der Waals surface area contributed by atoms with Gasteiger partial charge in [0.2, 0.25) is 0 Å². The number of piperazine rings is 1. The SMILES string of the molecule is CC(C)CCSc1ccc(C(=O)N2CCNC(C)C2)cc1[N+](=O)[O-]. The second-order valence-corrected chi connectivity index (χ2v) is 7.71. The first-order valence-corrected chi connectivity index (χ1v) is 9.31. The van der Waals surface area contributed by atoms with Gasteiger partial charge in [-0.25, -0.2) is 0 Å². The maximum atomic E-state index is 12.6. The third-order valence-corrected chi connectivity index (χ3v) is 5.11. The largest absolute Gasteiger partial charge is 0.336 e. The van der Waals surface area contributed by atoms with Gasteiger partial charge in [0.15, 0.2) is 0 Å². The van der Waals surface area contributed by atoms with E-state index in [1.54, 1.807) is 17.0 Å². The number of nitro groups is 1. The number of carbonyl (C=O) groups is 1. The van der Waals surface area contributed by atoms with E-state index in [0.29, 0.717) is 29.5 Å². The van der Waals surface area contributed by atoms with Crippen LogP contribution in [-0.2, 0) is 0 Å². The first-order valence-electron chi connectivity index (χ1n) is 8.32. The van der Waals surface area contributed by atoms with Gasteiger partial charge < -0.3 is 10.2 Å². The number of benzene rings is 1. The maximum absolute atomic E-state index is 12.6. The Labute approximate surface area is 147 Å². The molecule has 6 nitrogen and oxygen atoms in total. The Hall–Kier alpha value is -1.60. The van der Waals surface area contributed by atoms with Crippen molar-refractivity contribution in [3.05, 3.63) is 33.9 Å². The fourth-order valence-electron chi connectivity index (χ4n) is 2.62. The van der Waals surface area contributed by atoms with Crippen molar-refractivity contribution in [2.75, 3.05) is 25.4 Å². The lowest BCUT2D eigenvalue weighted by molar-refractivity contribution is -0.387. The molecule has 0 spiro atoms. The van der Waals surface area contributed by atoms with E-state index in [1.165, 1.54) is 17.8 Å². The summed E-state index contributed by atoms with van der Waals surface area (Å²) in [5, 5.41) is 14.7. The number of hydrogen-bond donors (Lipinski definition) is 1. The van der Waals surface area contributed by atoms with Gasteiger partial charge in [0.1, 0.15) is 0 Å². The zero-order valence-corrected chi connectivity index (χ0v) is 15.3. The average Bonchev–Trinajstić information content (AvgIpc) is 2.54. The van der Waals surface area contributed by atoms with Crippen molar-refractivity contribution in [3.63, 3.8) is 0 Å². The van der Waals surface area contributed by atoms with E-state index in [0.717, 1.165) is 18.7 Å². The highest BCUT2D eigenvalue weighted by atomic mass is 32.2. The van der Waals surface area contributed by atoms with Gasteiger partial charge in [-0.3, -0.25) is 14.9 Å². The number of thioether (sulfide) groups is 1. The molecular weight excluding hydrogens is 326 g/mol. The van der Waals surface area contributed by atoms with Crippen molar-refractivity contribution < 1.29 is 9.72 Å². The summed E-state index contributed by atoms with van der Waals surface area (Å²) in [6.45, 7) is 8.28. The molecular formula is C17H25N3O3S. The molecule has 2 rings (SSSR count). The van der Waals surface area contributed by atoms with E-state index < -0.39 is 4.92 Å². The van der Waals surface area contributed by atoms with Crippen LogP contribution < -0.4 is 5.32 Å². The summed E-state index contributed by atoms with van der Waals surface area (Å²) in [6.07, 6.45) is 1.00. The number of nitrogens with one attached hydrogen (secondary N) is 1. The summed E-state index contributed by atoms with van der Waals surface area (Å²) in [7, 11) is 0. The highest BCUT2D eigenvalue weighted by Crippen LogP contribution is 2.31. The summed E-state index contributed by atoms with van der Waals surface area (Å²) in [5.41, 5.74) is 0.418. The minimum atomic E-state index is -0.394. The molecule has 0 aromatic heterocycles. The van der Waals surface area contributed by atoms with E-state index in [-0.39, 0.29) is 17.6 Å². The minimum Gasteiger partial charge on any atom is -0.336 e. The van der Waals surface area contributed by atoms with Crippen LogP contribution in [-0.4, -0.2) is 47.2 Å². The summed E-state index contributed by atoms with van der Waals surface area (Å²) in [4.78, 5) is 26.0. The van der Waals surface area contributed by atoms with Crippen LogP contribution in [0.3, 0.4) is 0 Å². The Bertz CT molecular complexity index is 607. The Kier molecular flexibility index (Phi) is 6.62. The van der Waals surface area contributed by atoms with Crippen molar-refractivity contribution in [1.82, 2.24) is 10.2 Å². The molecule has 1 atom stereocenters. The lowest BCUT2D eigenvalue weighted by atomic mass is 10.1. The lowest BCUT2D eigenvalue weighted by Gasteiger charge is -2.31. The summed E-state index contributed by atoms with van der Waals surface area (Å²) in [6, 6.07) is 5.08. The second kappa shape index (κ2) is 8.48. The number of amides is 1. The molecule has 24 heavy (non-hydrogen) atoms.